The van der Waals surface area contributed by atoms with Gasteiger partial charge < -0.3 is 10.2 Å². The van der Waals surface area contributed by atoms with Gasteiger partial charge in [-0.3, -0.25) is 0 Å². The summed E-state index contributed by atoms with van der Waals surface area (Å²) in [6, 6.07) is 9.95. The molecule has 0 saturated heterocycles. The number of nitrogens with zero attached hydrogens (tertiary/aromatic N) is 5. The van der Waals surface area contributed by atoms with Crippen molar-refractivity contribution >= 4 is 0 Å². The number of hydrogen-bond acceptors (Lipinski definition) is 5. The second kappa shape index (κ2) is 8.49. The number of rotatable bonds is 9. The first kappa shape index (κ1) is 15.6. The van der Waals surface area contributed by atoms with Crippen LogP contribution in [0.5, 0.6) is 0 Å². The van der Waals surface area contributed by atoms with Crippen LogP contribution in [-0.4, -0.2) is 51.3 Å². The van der Waals surface area contributed by atoms with Gasteiger partial charge >= 0.3 is 0 Å². The molecule has 6 nitrogen and oxygen atoms in total. The highest BCUT2D eigenvalue weighted by atomic mass is 15.5. The Bertz CT molecular complexity index is 506. The predicted molar refractivity (Wildman–Crippen MR) is 83.3 cm³/mol. The third-order valence-corrected chi connectivity index (χ3v) is 3.54. The SMILES string of the molecule is CCN(CC)CCCNCc1nnnn1-c1ccccc1. The molecule has 0 spiro atoms. The summed E-state index contributed by atoms with van der Waals surface area (Å²) in [5.74, 6) is 0.837. The van der Waals surface area contributed by atoms with E-state index in [2.05, 4.69) is 39.6 Å². The van der Waals surface area contributed by atoms with Crippen LogP contribution in [0.25, 0.3) is 5.69 Å². The molecule has 2 rings (SSSR count). The summed E-state index contributed by atoms with van der Waals surface area (Å²) in [4.78, 5) is 2.43. The van der Waals surface area contributed by atoms with E-state index in [1.165, 1.54) is 0 Å². The van der Waals surface area contributed by atoms with Crippen LogP contribution in [0.2, 0.25) is 0 Å². The fourth-order valence-electron chi connectivity index (χ4n) is 2.25. The van der Waals surface area contributed by atoms with Crippen molar-refractivity contribution in [3.63, 3.8) is 0 Å². The first-order valence-corrected chi connectivity index (χ1v) is 7.61. The number of para-hydroxylation sites is 1. The molecular weight excluding hydrogens is 264 g/mol. The smallest absolute Gasteiger partial charge is 0.170 e. The molecule has 0 unspecified atom stereocenters. The average Bonchev–Trinajstić information content (AvgIpc) is 3.00. The Morgan fingerprint density at radius 2 is 1.90 bits per heavy atom. The molecule has 21 heavy (non-hydrogen) atoms. The fourth-order valence-corrected chi connectivity index (χ4v) is 2.25. The van der Waals surface area contributed by atoms with Gasteiger partial charge in [-0.1, -0.05) is 32.0 Å². The molecule has 1 aromatic carbocycles. The van der Waals surface area contributed by atoms with Crippen molar-refractivity contribution < 1.29 is 0 Å². The Labute approximate surface area is 126 Å². The Morgan fingerprint density at radius 3 is 2.62 bits per heavy atom. The highest BCUT2D eigenvalue weighted by Gasteiger charge is 2.07. The van der Waals surface area contributed by atoms with E-state index in [1.54, 1.807) is 4.68 Å². The molecule has 0 saturated carbocycles. The highest BCUT2D eigenvalue weighted by molar-refractivity contribution is 5.30. The van der Waals surface area contributed by atoms with Crippen LogP contribution >= 0.6 is 0 Å². The Kier molecular flexibility index (Phi) is 6.30. The number of nitrogens with one attached hydrogen (secondary N) is 1. The van der Waals surface area contributed by atoms with Crippen molar-refractivity contribution in [1.29, 1.82) is 0 Å². The van der Waals surface area contributed by atoms with Gasteiger partial charge in [-0.25, -0.2) is 0 Å². The molecule has 1 N–H and O–H groups in total. The minimum Gasteiger partial charge on any atom is -0.310 e. The quantitative estimate of drug-likeness (QED) is 0.708. The molecule has 0 amide bonds. The van der Waals surface area contributed by atoms with Gasteiger partial charge in [-0.2, -0.15) is 4.68 Å². The van der Waals surface area contributed by atoms with Crippen LogP contribution < -0.4 is 5.32 Å². The standard InChI is InChI=1S/C15H24N6/c1-3-20(4-2)12-8-11-16-13-15-17-18-19-21(15)14-9-6-5-7-10-14/h5-7,9-10,16H,3-4,8,11-13H2,1-2H3. The van der Waals surface area contributed by atoms with Crippen molar-refractivity contribution in [3.8, 4) is 5.69 Å². The molecule has 114 valence electrons. The Balaban J connectivity index is 1.79. The molecular formula is C15H24N6. The van der Waals surface area contributed by atoms with Gasteiger partial charge in [0.2, 0.25) is 0 Å². The minimum atomic E-state index is 0.681. The number of benzene rings is 1. The molecule has 1 aromatic heterocycles. The van der Waals surface area contributed by atoms with E-state index in [1.807, 2.05) is 30.3 Å². The zero-order valence-electron chi connectivity index (χ0n) is 12.9. The van der Waals surface area contributed by atoms with E-state index in [-0.39, 0.29) is 0 Å². The lowest BCUT2D eigenvalue weighted by atomic mass is 10.3. The summed E-state index contributed by atoms with van der Waals surface area (Å²) in [5, 5.41) is 15.3. The lowest BCUT2D eigenvalue weighted by Crippen LogP contribution is -2.27. The normalized spacial score (nSPS) is 11.2. The summed E-state index contributed by atoms with van der Waals surface area (Å²) in [5.41, 5.74) is 0.988. The third-order valence-electron chi connectivity index (χ3n) is 3.54. The molecule has 6 heteroatoms. The average molecular weight is 288 g/mol. The molecule has 0 radical (unpaired) electrons. The van der Waals surface area contributed by atoms with Crippen molar-refractivity contribution in [1.82, 2.24) is 30.4 Å². The van der Waals surface area contributed by atoms with Gasteiger partial charge in [0.25, 0.3) is 0 Å². The molecule has 0 fully saturated rings. The third kappa shape index (κ3) is 4.61. The van der Waals surface area contributed by atoms with Crippen LogP contribution in [0.1, 0.15) is 26.1 Å². The summed E-state index contributed by atoms with van der Waals surface area (Å²) < 4.78 is 1.78. The zero-order chi connectivity index (χ0) is 14.9. The second-order valence-corrected chi connectivity index (χ2v) is 4.90. The fraction of sp³-hybridized carbons (Fsp3) is 0.533. The number of tetrazole rings is 1. The van der Waals surface area contributed by atoms with Crippen LogP contribution in [0.3, 0.4) is 0 Å². The largest absolute Gasteiger partial charge is 0.310 e. The summed E-state index contributed by atoms with van der Waals surface area (Å²) in [6.07, 6.45) is 1.13. The molecule has 0 atom stereocenters. The van der Waals surface area contributed by atoms with Gasteiger partial charge in [0.15, 0.2) is 5.82 Å². The van der Waals surface area contributed by atoms with Gasteiger partial charge in [0, 0.05) is 0 Å². The second-order valence-electron chi connectivity index (χ2n) is 4.90. The molecule has 0 aliphatic rings. The van der Waals surface area contributed by atoms with Gasteiger partial charge in [-0.15, -0.1) is 5.10 Å². The van der Waals surface area contributed by atoms with Crippen molar-refractivity contribution in [2.75, 3.05) is 26.2 Å². The van der Waals surface area contributed by atoms with Crippen molar-refractivity contribution in [3.05, 3.63) is 36.2 Å². The van der Waals surface area contributed by atoms with Gasteiger partial charge in [0.1, 0.15) is 0 Å². The molecule has 2 aromatic rings. The molecule has 0 bridgehead atoms. The molecule has 1 heterocycles. The first-order chi connectivity index (χ1) is 10.3. The maximum absolute atomic E-state index is 4.09. The minimum absolute atomic E-state index is 0.681. The van der Waals surface area contributed by atoms with E-state index in [9.17, 15) is 0 Å². The summed E-state index contributed by atoms with van der Waals surface area (Å²) >= 11 is 0. The number of hydrogen-bond donors (Lipinski definition) is 1. The van der Waals surface area contributed by atoms with Crippen LogP contribution in [0.15, 0.2) is 30.3 Å². The monoisotopic (exact) mass is 288 g/mol. The van der Waals surface area contributed by atoms with Gasteiger partial charge in [-0.05, 0) is 55.2 Å². The Hall–Kier alpha value is -1.79. The highest BCUT2D eigenvalue weighted by Crippen LogP contribution is 2.06. The van der Waals surface area contributed by atoms with E-state index >= 15 is 0 Å². The molecule has 0 aliphatic heterocycles. The number of aromatic nitrogens is 4. The molecule has 0 aliphatic carbocycles. The summed E-state index contributed by atoms with van der Waals surface area (Å²) in [7, 11) is 0. The lowest BCUT2D eigenvalue weighted by Gasteiger charge is -2.17. The lowest BCUT2D eigenvalue weighted by molar-refractivity contribution is 0.297. The predicted octanol–water partition coefficient (Wildman–Crippen LogP) is 1.48. The van der Waals surface area contributed by atoms with E-state index in [0.717, 1.165) is 44.1 Å². The van der Waals surface area contributed by atoms with Crippen LogP contribution in [-0.2, 0) is 6.54 Å². The maximum atomic E-state index is 4.09. The zero-order valence-corrected chi connectivity index (χ0v) is 12.9. The summed E-state index contributed by atoms with van der Waals surface area (Å²) in [6.45, 7) is 9.41. The van der Waals surface area contributed by atoms with E-state index in [0.29, 0.717) is 6.54 Å². The van der Waals surface area contributed by atoms with E-state index < -0.39 is 0 Å². The first-order valence-electron chi connectivity index (χ1n) is 7.61. The van der Waals surface area contributed by atoms with Crippen molar-refractivity contribution in [2.24, 2.45) is 0 Å². The van der Waals surface area contributed by atoms with Crippen LogP contribution in [0, 0.1) is 0 Å². The van der Waals surface area contributed by atoms with Gasteiger partial charge in [0.05, 0.1) is 12.2 Å². The Morgan fingerprint density at radius 1 is 1.14 bits per heavy atom. The van der Waals surface area contributed by atoms with Crippen molar-refractivity contribution in [2.45, 2.75) is 26.8 Å². The van der Waals surface area contributed by atoms with Crippen LogP contribution in [0.4, 0.5) is 0 Å². The maximum Gasteiger partial charge on any atom is 0.170 e. The topological polar surface area (TPSA) is 58.9 Å². The van der Waals surface area contributed by atoms with E-state index in [4.69, 9.17) is 0 Å².